The van der Waals surface area contributed by atoms with Crippen molar-refractivity contribution in [1.82, 2.24) is 19.9 Å². The minimum absolute atomic E-state index is 0.395. The minimum atomic E-state index is 0.395. The number of hydrogen-bond donors (Lipinski definition) is 0. The van der Waals surface area contributed by atoms with Crippen LogP contribution in [0.25, 0.3) is 32.0 Å². The highest BCUT2D eigenvalue weighted by atomic mass is 32.1. The van der Waals surface area contributed by atoms with E-state index in [-0.39, 0.29) is 0 Å². The molecule has 6 nitrogen and oxygen atoms in total. The number of pyridine rings is 1. The van der Waals surface area contributed by atoms with Crippen molar-refractivity contribution in [3.63, 3.8) is 0 Å². The molecule has 0 fully saturated rings. The Balaban J connectivity index is 1.95. The maximum atomic E-state index is 5.20. The summed E-state index contributed by atoms with van der Waals surface area (Å²) in [5.74, 6) is 0.873. The lowest BCUT2D eigenvalue weighted by Crippen LogP contribution is -1.93. The molecule has 0 aliphatic rings. The molecule has 0 aliphatic heterocycles. The van der Waals surface area contributed by atoms with Gasteiger partial charge >= 0.3 is 0 Å². The highest BCUT2D eigenvalue weighted by Crippen LogP contribution is 2.35. The summed E-state index contributed by atoms with van der Waals surface area (Å²) in [7, 11) is 1.57. The Kier molecular flexibility index (Phi) is 3.90. The van der Waals surface area contributed by atoms with Gasteiger partial charge in [-0.05, 0) is 37.1 Å². The number of nitrogens with zero attached hydrogens (tertiary/aromatic N) is 4. The standard InChI is InChI=1S/C19H14N4O2S/c1-5-25-14-8-11(3)16-19(22-14)26-18(23-16)12-6-10(2)7-13-17(12)20-9-15(21-13)24-4/h1,6-9H,2-4H3. The Hall–Kier alpha value is -3.24. The first-order chi connectivity index (χ1) is 12.6. The molecule has 0 atom stereocenters. The quantitative estimate of drug-likeness (QED) is 0.515. The lowest BCUT2D eigenvalue weighted by atomic mass is 10.1. The van der Waals surface area contributed by atoms with Gasteiger partial charge in [0.2, 0.25) is 11.8 Å². The molecule has 0 unspecified atom stereocenters. The molecule has 0 spiro atoms. The normalized spacial score (nSPS) is 10.8. The Bertz CT molecular complexity index is 1190. The number of benzene rings is 1. The van der Waals surface area contributed by atoms with Gasteiger partial charge in [0.15, 0.2) is 0 Å². The molecule has 0 bridgehead atoms. The lowest BCUT2D eigenvalue weighted by molar-refractivity contribution is 0.397. The van der Waals surface area contributed by atoms with Gasteiger partial charge < -0.3 is 9.47 Å². The van der Waals surface area contributed by atoms with Crippen molar-refractivity contribution in [3.05, 3.63) is 35.5 Å². The first-order valence-corrected chi connectivity index (χ1v) is 8.63. The number of methoxy groups -OCH3 is 1. The first-order valence-electron chi connectivity index (χ1n) is 7.81. The summed E-state index contributed by atoms with van der Waals surface area (Å²) in [6, 6.07) is 5.81. The molecular weight excluding hydrogens is 348 g/mol. The van der Waals surface area contributed by atoms with Crippen LogP contribution in [0.15, 0.2) is 24.4 Å². The van der Waals surface area contributed by atoms with Crippen LogP contribution in [-0.4, -0.2) is 27.0 Å². The summed E-state index contributed by atoms with van der Waals surface area (Å²) in [6.45, 7) is 3.97. The van der Waals surface area contributed by atoms with Crippen LogP contribution in [0.3, 0.4) is 0 Å². The zero-order valence-corrected chi connectivity index (χ0v) is 15.2. The van der Waals surface area contributed by atoms with E-state index in [1.165, 1.54) is 11.3 Å². The SMILES string of the molecule is C#COc1cc(C)c2nc(-c3cc(C)cc4nc(OC)cnc34)sc2n1. The Morgan fingerprint density at radius 3 is 2.65 bits per heavy atom. The van der Waals surface area contributed by atoms with Gasteiger partial charge in [0.1, 0.15) is 21.5 Å². The van der Waals surface area contributed by atoms with Crippen LogP contribution in [0.2, 0.25) is 0 Å². The predicted octanol–water partition coefficient (Wildman–Crippen LogP) is 3.90. The number of hydrogen-bond acceptors (Lipinski definition) is 7. The minimum Gasteiger partial charge on any atom is -0.480 e. The van der Waals surface area contributed by atoms with Crippen LogP contribution < -0.4 is 9.47 Å². The zero-order chi connectivity index (χ0) is 18.3. The van der Waals surface area contributed by atoms with Gasteiger partial charge in [-0.2, -0.15) is 4.98 Å². The summed E-state index contributed by atoms with van der Waals surface area (Å²) in [5.41, 5.74) is 5.29. The third-order valence-corrected chi connectivity index (χ3v) is 4.89. The van der Waals surface area contributed by atoms with Crippen LogP contribution in [-0.2, 0) is 0 Å². The summed E-state index contributed by atoms with van der Waals surface area (Å²) in [6.07, 6.45) is 8.96. The smallest absolute Gasteiger partial charge is 0.232 e. The van der Waals surface area contributed by atoms with Gasteiger partial charge in [-0.3, -0.25) is 0 Å². The molecule has 0 radical (unpaired) electrons. The second kappa shape index (κ2) is 6.24. The van der Waals surface area contributed by atoms with Crippen molar-refractivity contribution in [2.24, 2.45) is 0 Å². The number of aryl methyl sites for hydroxylation is 2. The predicted molar refractivity (Wildman–Crippen MR) is 101 cm³/mol. The highest BCUT2D eigenvalue weighted by molar-refractivity contribution is 7.21. The molecule has 0 aliphatic carbocycles. The average molecular weight is 362 g/mol. The second-order valence-electron chi connectivity index (χ2n) is 5.76. The van der Waals surface area contributed by atoms with Crippen molar-refractivity contribution >= 4 is 32.7 Å². The molecule has 128 valence electrons. The summed E-state index contributed by atoms with van der Waals surface area (Å²) in [5, 5.41) is 0.821. The molecule has 3 aromatic heterocycles. The number of fused-ring (bicyclic) bond motifs is 2. The molecule has 0 saturated heterocycles. The summed E-state index contributed by atoms with van der Waals surface area (Å²) < 4.78 is 10.3. The highest BCUT2D eigenvalue weighted by Gasteiger charge is 2.16. The zero-order valence-electron chi connectivity index (χ0n) is 14.4. The Labute approximate surface area is 153 Å². The van der Waals surface area contributed by atoms with Crippen LogP contribution in [0, 0.1) is 26.4 Å². The van der Waals surface area contributed by atoms with E-state index in [9.17, 15) is 0 Å². The first kappa shape index (κ1) is 16.2. The van der Waals surface area contributed by atoms with E-state index in [1.54, 1.807) is 19.4 Å². The monoisotopic (exact) mass is 362 g/mol. The Morgan fingerprint density at radius 1 is 1.04 bits per heavy atom. The van der Waals surface area contributed by atoms with Gasteiger partial charge in [-0.25, -0.2) is 15.0 Å². The summed E-state index contributed by atoms with van der Waals surface area (Å²) in [4.78, 5) is 19.0. The number of ether oxygens (including phenoxy) is 2. The molecule has 4 rings (SSSR count). The van der Waals surface area contributed by atoms with E-state index in [1.807, 2.05) is 19.9 Å². The molecule has 0 N–H and O–H groups in total. The van der Waals surface area contributed by atoms with Crippen molar-refractivity contribution in [3.8, 4) is 34.9 Å². The van der Waals surface area contributed by atoms with Crippen LogP contribution in [0.5, 0.6) is 11.8 Å². The van der Waals surface area contributed by atoms with Gasteiger partial charge in [-0.1, -0.05) is 17.8 Å². The van der Waals surface area contributed by atoms with Crippen molar-refractivity contribution in [2.45, 2.75) is 13.8 Å². The van der Waals surface area contributed by atoms with Gasteiger partial charge in [0.05, 0.1) is 24.3 Å². The van der Waals surface area contributed by atoms with Crippen LogP contribution in [0.4, 0.5) is 0 Å². The maximum absolute atomic E-state index is 5.20. The molecule has 3 heterocycles. The largest absolute Gasteiger partial charge is 0.480 e. The maximum Gasteiger partial charge on any atom is 0.232 e. The summed E-state index contributed by atoms with van der Waals surface area (Å²) >= 11 is 1.47. The lowest BCUT2D eigenvalue weighted by Gasteiger charge is -2.06. The third kappa shape index (κ3) is 2.70. The average Bonchev–Trinajstić information content (AvgIpc) is 3.05. The van der Waals surface area contributed by atoms with E-state index in [0.29, 0.717) is 11.8 Å². The fourth-order valence-corrected chi connectivity index (χ4v) is 3.79. The van der Waals surface area contributed by atoms with E-state index in [2.05, 4.69) is 27.1 Å². The van der Waals surface area contributed by atoms with Crippen LogP contribution in [0.1, 0.15) is 11.1 Å². The second-order valence-corrected chi connectivity index (χ2v) is 6.74. The van der Waals surface area contributed by atoms with E-state index in [0.717, 1.165) is 43.1 Å². The van der Waals surface area contributed by atoms with E-state index < -0.39 is 0 Å². The number of rotatable bonds is 3. The molecule has 1 aromatic carbocycles. The van der Waals surface area contributed by atoms with Crippen molar-refractivity contribution in [1.29, 1.82) is 0 Å². The van der Waals surface area contributed by atoms with Crippen molar-refractivity contribution < 1.29 is 9.47 Å². The van der Waals surface area contributed by atoms with Gasteiger partial charge in [0.25, 0.3) is 0 Å². The topological polar surface area (TPSA) is 70.0 Å². The van der Waals surface area contributed by atoms with Gasteiger partial charge in [0, 0.05) is 11.6 Å². The molecule has 0 saturated carbocycles. The molecule has 0 amide bonds. The number of aromatic nitrogens is 4. The van der Waals surface area contributed by atoms with Crippen LogP contribution >= 0.6 is 11.3 Å². The van der Waals surface area contributed by atoms with Gasteiger partial charge in [-0.15, -0.1) is 0 Å². The van der Waals surface area contributed by atoms with E-state index >= 15 is 0 Å². The number of thiazole rings is 1. The molecule has 4 aromatic rings. The molecule has 26 heavy (non-hydrogen) atoms. The number of terminal acetylenes is 1. The fraction of sp³-hybridized carbons (Fsp3) is 0.158. The fourth-order valence-electron chi connectivity index (χ4n) is 2.77. The van der Waals surface area contributed by atoms with E-state index in [4.69, 9.17) is 20.9 Å². The third-order valence-electron chi connectivity index (χ3n) is 3.91. The van der Waals surface area contributed by atoms with Crippen molar-refractivity contribution in [2.75, 3.05) is 7.11 Å². The Morgan fingerprint density at radius 2 is 1.88 bits per heavy atom. The molecule has 7 heteroatoms. The molecular formula is C19H14N4O2S.